The predicted molar refractivity (Wildman–Crippen MR) is 101 cm³/mol. The molecule has 0 saturated carbocycles. The van der Waals surface area contributed by atoms with Crippen molar-refractivity contribution >= 4 is 23.2 Å². The number of alkyl halides is 2. The molecule has 2 nitrogen and oxygen atoms in total. The number of halogens is 2. The summed E-state index contributed by atoms with van der Waals surface area (Å²) in [5.74, 6) is 0.839. The van der Waals surface area contributed by atoms with Crippen LogP contribution in [0.5, 0.6) is 0 Å². The molecule has 0 saturated heterocycles. The number of benzene rings is 2. The molecule has 2 aromatic rings. The fourth-order valence-corrected chi connectivity index (χ4v) is 3.15. The van der Waals surface area contributed by atoms with E-state index in [1.54, 1.807) is 0 Å². The molecule has 130 valence electrons. The van der Waals surface area contributed by atoms with Crippen LogP contribution >= 0.6 is 23.2 Å². The molecule has 0 fully saturated rings. The lowest BCUT2D eigenvalue weighted by Gasteiger charge is -2.46. The molecule has 4 heteroatoms. The van der Waals surface area contributed by atoms with Gasteiger partial charge in [-0.1, -0.05) is 60.7 Å². The second-order valence-electron chi connectivity index (χ2n) is 5.87. The molecule has 2 unspecified atom stereocenters. The van der Waals surface area contributed by atoms with Crippen molar-refractivity contribution in [2.45, 2.75) is 25.0 Å². The lowest BCUT2D eigenvalue weighted by Crippen LogP contribution is -2.49. The zero-order chi connectivity index (χ0) is 17.5. The summed E-state index contributed by atoms with van der Waals surface area (Å²) >= 11 is 11.8. The first-order chi connectivity index (χ1) is 11.6. The van der Waals surface area contributed by atoms with Crippen LogP contribution in [0.2, 0.25) is 0 Å². The van der Waals surface area contributed by atoms with E-state index in [4.69, 9.17) is 32.7 Å². The fourth-order valence-electron chi connectivity index (χ4n) is 2.99. The smallest absolute Gasteiger partial charge is 0.123 e. The zero-order valence-electron chi connectivity index (χ0n) is 14.2. The van der Waals surface area contributed by atoms with Crippen molar-refractivity contribution in [2.24, 2.45) is 0 Å². The third-order valence-corrected chi connectivity index (χ3v) is 4.80. The minimum atomic E-state index is -0.712. The van der Waals surface area contributed by atoms with Gasteiger partial charge in [0, 0.05) is 11.8 Å². The summed E-state index contributed by atoms with van der Waals surface area (Å²) in [5.41, 5.74) is 0.653. The Balaban J connectivity index is 2.56. The molecular formula is C20H24Cl2O2. The summed E-state index contributed by atoms with van der Waals surface area (Å²) in [7, 11) is 0. The molecule has 0 aliphatic carbocycles. The van der Waals surface area contributed by atoms with Crippen molar-refractivity contribution in [1.82, 2.24) is 0 Å². The van der Waals surface area contributed by atoms with E-state index in [0.717, 1.165) is 11.1 Å². The maximum absolute atomic E-state index is 6.28. The van der Waals surface area contributed by atoms with E-state index < -0.39 is 11.2 Å². The highest BCUT2D eigenvalue weighted by Gasteiger charge is 2.49. The van der Waals surface area contributed by atoms with E-state index in [1.165, 1.54) is 0 Å². The average Bonchev–Trinajstić information content (AvgIpc) is 2.65. The second-order valence-corrected chi connectivity index (χ2v) is 6.63. The molecule has 2 aromatic carbocycles. The molecule has 2 atom stereocenters. The first-order valence-electron chi connectivity index (χ1n) is 8.09. The largest absolute Gasteiger partial charge is 0.366 e. The van der Waals surface area contributed by atoms with Crippen molar-refractivity contribution in [3.63, 3.8) is 0 Å². The molecule has 0 spiro atoms. The summed E-state index contributed by atoms with van der Waals surface area (Å²) in [4.78, 5) is 0. The fraction of sp³-hybridized carbons (Fsp3) is 0.400. The molecule has 0 aliphatic rings. The number of ether oxygens (including phenoxy) is 2. The Morgan fingerprint density at radius 1 is 0.667 bits per heavy atom. The van der Waals surface area contributed by atoms with E-state index in [0.29, 0.717) is 25.0 Å². The highest BCUT2D eigenvalue weighted by Crippen LogP contribution is 2.46. The Kier molecular flexibility index (Phi) is 7.12. The Morgan fingerprint density at radius 2 is 1.00 bits per heavy atom. The van der Waals surface area contributed by atoms with E-state index in [1.807, 2.05) is 36.4 Å². The van der Waals surface area contributed by atoms with Crippen LogP contribution in [0.1, 0.15) is 25.0 Å². The van der Waals surface area contributed by atoms with Gasteiger partial charge in [0.1, 0.15) is 11.2 Å². The second kappa shape index (κ2) is 8.87. The lowest BCUT2D eigenvalue weighted by molar-refractivity contribution is -0.202. The number of hydrogen-bond donors (Lipinski definition) is 0. The van der Waals surface area contributed by atoms with Crippen LogP contribution in [0, 0.1) is 0 Å². The maximum Gasteiger partial charge on any atom is 0.123 e. The van der Waals surface area contributed by atoms with Crippen LogP contribution < -0.4 is 0 Å². The molecule has 0 amide bonds. The standard InChI is InChI=1S/C20H24Cl2O2/c1-19(23-15-13-21,17-9-5-3-6-10-17)20(2,24-16-14-22)18-11-7-4-8-12-18/h3-12H,13-16H2,1-2H3. The molecule has 0 heterocycles. The van der Waals surface area contributed by atoms with Crippen molar-refractivity contribution in [3.05, 3.63) is 71.8 Å². The molecule has 0 bridgehead atoms. The Bertz CT molecular complexity index is 550. The predicted octanol–water partition coefficient (Wildman–Crippen LogP) is 5.33. The summed E-state index contributed by atoms with van der Waals surface area (Å²) < 4.78 is 12.6. The van der Waals surface area contributed by atoms with Crippen molar-refractivity contribution in [3.8, 4) is 0 Å². The molecule has 0 radical (unpaired) electrons. The van der Waals surface area contributed by atoms with Gasteiger partial charge in [-0.3, -0.25) is 0 Å². The van der Waals surface area contributed by atoms with Crippen molar-refractivity contribution in [1.29, 1.82) is 0 Å². The van der Waals surface area contributed by atoms with Gasteiger partial charge < -0.3 is 9.47 Å². The third kappa shape index (κ3) is 3.94. The summed E-state index contributed by atoms with van der Waals surface area (Å²) in [6, 6.07) is 20.2. The van der Waals surface area contributed by atoms with E-state index in [9.17, 15) is 0 Å². The van der Waals surface area contributed by atoms with Gasteiger partial charge in [0.15, 0.2) is 0 Å². The number of hydrogen-bond acceptors (Lipinski definition) is 2. The Labute approximate surface area is 154 Å². The van der Waals surface area contributed by atoms with Gasteiger partial charge in [-0.05, 0) is 25.0 Å². The van der Waals surface area contributed by atoms with Crippen LogP contribution in [0.15, 0.2) is 60.7 Å². The van der Waals surface area contributed by atoms with Gasteiger partial charge in [0.25, 0.3) is 0 Å². The van der Waals surface area contributed by atoms with Crippen LogP contribution in [-0.2, 0) is 20.7 Å². The Hall–Kier alpha value is -1.06. The first kappa shape index (κ1) is 19.3. The van der Waals surface area contributed by atoms with Crippen LogP contribution in [-0.4, -0.2) is 25.0 Å². The highest BCUT2D eigenvalue weighted by atomic mass is 35.5. The van der Waals surface area contributed by atoms with Gasteiger partial charge in [-0.15, -0.1) is 23.2 Å². The van der Waals surface area contributed by atoms with Crippen LogP contribution in [0.25, 0.3) is 0 Å². The molecule has 2 rings (SSSR count). The van der Waals surface area contributed by atoms with Gasteiger partial charge >= 0.3 is 0 Å². The molecule has 0 aliphatic heterocycles. The minimum Gasteiger partial charge on any atom is -0.366 e. The molecular weight excluding hydrogens is 343 g/mol. The van der Waals surface area contributed by atoms with Gasteiger partial charge in [0.05, 0.1) is 13.2 Å². The van der Waals surface area contributed by atoms with Crippen LogP contribution in [0.3, 0.4) is 0 Å². The molecule has 0 aromatic heterocycles. The normalized spacial score (nSPS) is 16.3. The maximum atomic E-state index is 6.28. The van der Waals surface area contributed by atoms with Crippen LogP contribution in [0.4, 0.5) is 0 Å². The monoisotopic (exact) mass is 366 g/mol. The highest BCUT2D eigenvalue weighted by molar-refractivity contribution is 6.18. The lowest BCUT2D eigenvalue weighted by atomic mass is 9.75. The average molecular weight is 367 g/mol. The summed E-state index contributed by atoms with van der Waals surface area (Å²) in [6.45, 7) is 4.96. The van der Waals surface area contributed by atoms with Crippen molar-refractivity contribution in [2.75, 3.05) is 25.0 Å². The van der Waals surface area contributed by atoms with Gasteiger partial charge in [-0.25, -0.2) is 0 Å². The summed E-state index contributed by atoms with van der Waals surface area (Å²) in [5, 5.41) is 0. The third-order valence-electron chi connectivity index (χ3n) is 4.50. The minimum absolute atomic E-state index is 0.419. The quantitative estimate of drug-likeness (QED) is 0.558. The zero-order valence-corrected chi connectivity index (χ0v) is 15.7. The van der Waals surface area contributed by atoms with Crippen molar-refractivity contribution < 1.29 is 9.47 Å². The first-order valence-corrected chi connectivity index (χ1v) is 9.16. The van der Waals surface area contributed by atoms with Gasteiger partial charge in [-0.2, -0.15) is 0 Å². The van der Waals surface area contributed by atoms with Gasteiger partial charge in [0.2, 0.25) is 0 Å². The SMILES string of the molecule is CC(OCCCl)(c1ccccc1)C(C)(OCCCl)c1ccccc1. The van der Waals surface area contributed by atoms with E-state index >= 15 is 0 Å². The molecule has 24 heavy (non-hydrogen) atoms. The molecule has 0 N–H and O–H groups in total. The number of rotatable bonds is 9. The van der Waals surface area contributed by atoms with E-state index in [2.05, 4.69) is 38.1 Å². The summed E-state index contributed by atoms with van der Waals surface area (Å²) in [6.07, 6.45) is 0. The topological polar surface area (TPSA) is 18.5 Å². The van der Waals surface area contributed by atoms with E-state index in [-0.39, 0.29) is 0 Å². The Morgan fingerprint density at radius 3 is 1.29 bits per heavy atom.